The van der Waals surface area contributed by atoms with Gasteiger partial charge in [0.25, 0.3) is 5.91 Å². The molecule has 0 atom stereocenters. The van der Waals surface area contributed by atoms with Gasteiger partial charge in [0, 0.05) is 47.6 Å². The summed E-state index contributed by atoms with van der Waals surface area (Å²) in [7, 11) is 0. The van der Waals surface area contributed by atoms with Crippen molar-refractivity contribution in [3.05, 3.63) is 89.1 Å². The van der Waals surface area contributed by atoms with Gasteiger partial charge in [0.2, 0.25) is 0 Å². The molecule has 0 saturated heterocycles. The van der Waals surface area contributed by atoms with E-state index in [2.05, 4.69) is 27.4 Å². The third-order valence-electron chi connectivity index (χ3n) is 5.83. The smallest absolute Gasteiger partial charge is 0.251 e. The van der Waals surface area contributed by atoms with E-state index in [9.17, 15) is 4.79 Å². The molecule has 0 unspecified atom stereocenters. The monoisotopic (exact) mass is 384 g/mol. The number of aromatic nitrogens is 3. The van der Waals surface area contributed by atoms with Gasteiger partial charge >= 0.3 is 0 Å². The Balaban J connectivity index is 1.34. The van der Waals surface area contributed by atoms with Crippen molar-refractivity contribution in [2.24, 2.45) is 0 Å². The molecule has 2 N–H and O–H groups in total. The van der Waals surface area contributed by atoms with Gasteiger partial charge in [0.1, 0.15) is 0 Å². The molecule has 0 bridgehead atoms. The highest BCUT2D eigenvalue weighted by atomic mass is 16.1. The van der Waals surface area contributed by atoms with Gasteiger partial charge in [0.05, 0.1) is 6.33 Å². The molecule has 1 amide bonds. The lowest BCUT2D eigenvalue weighted by Gasteiger charge is -2.12. The van der Waals surface area contributed by atoms with Crippen molar-refractivity contribution in [2.75, 3.05) is 0 Å². The summed E-state index contributed by atoms with van der Waals surface area (Å²) < 4.78 is 2.03. The van der Waals surface area contributed by atoms with E-state index < -0.39 is 0 Å². The number of imidazole rings is 1. The normalized spacial score (nSPS) is 13.4. The van der Waals surface area contributed by atoms with Crippen molar-refractivity contribution in [3.8, 4) is 0 Å². The summed E-state index contributed by atoms with van der Waals surface area (Å²) in [5.74, 6) is -0.0323. The fraction of sp³-hybridized carbons (Fsp3) is 0.250. The molecule has 29 heavy (non-hydrogen) atoms. The average molecular weight is 384 g/mol. The molecule has 5 nitrogen and oxygen atoms in total. The van der Waals surface area contributed by atoms with Crippen LogP contribution < -0.4 is 5.32 Å². The molecule has 5 heteroatoms. The predicted octanol–water partition coefficient (Wildman–Crippen LogP) is 4.22. The van der Waals surface area contributed by atoms with E-state index in [1.165, 1.54) is 35.0 Å². The van der Waals surface area contributed by atoms with Crippen LogP contribution in [0.25, 0.3) is 10.9 Å². The largest absolute Gasteiger partial charge is 0.358 e. The summed E-state index contributed by atoms with van der Waals surface area (Å²) in [5.41, 5.74) is 6.90. The molecule has 0 spiro atoms. The third-order valence-corrected chi connectivity index (χ3v) is 5.83. The molecule has 2 aromatic carbocycles. The van der Waals surface area contributed by atoms with Gasteiger partial charge in [-0.2, -0.15) is 0 Å². The summed E-state index contributed by atoms with van der Waals surface area (Å²) in [5, 5.41) is 4.30. The van der Waals surface area contributed by atoms with Crippen LogP contribution in [-0.2, 0) is 25.9 Å². The third kappa shape index (κ3) is 3.56. The first-order chi connectivity index (χ1) is 14.3. The number of H-pyrrole nitrogens is 1. The maximum absolute atomic E-state index is 12.8. The first-order valence-corrected chi connectivity index (χ1v) is 10.2. The first-order valence-electron chi connectivity index (χ1n) is 10.2. The summed E-state index contributed by atoms with van der Waals surface area (Å²) >= 11 is 0. The van der Waals surface area contributed by atoms with Crippen molar-refractivity contribution in [3.63, 3.8) is 0 Å². The van der Waals surface area contributed by atoms with Gasteiger partial charge < -0.3 is 14.9 Å². The average Bonchev–Trinajstić information content (AvgIpc) is 3.40. The van der Waals surface area contributed by atoms with Crippen molar-refractivity contribution in [1.82, 2.24) is 19.9 Å². The highest BCUT2D eigenvalue weighted by molar-refractivity contribution is 5.99. The fourth-order valence-electron chi connectivity index (χ4n) is 4.29. The van der Waals surface area contributed by atoms with Gasteiger partial charge in [-0.05, 0) is 60.6 Å². The lowest BCUT2D eigenvalue weighted by molar-refractivity contribution is 0.0951. The fourth-order valence-corrected chi connectivity index (χ4v) is 4.29. The Labute approximate surface area is 169 Å². The number of nitrogens with one attached hydrogen (secondary N) is 2. The molecule has 4 aromatic rings. The lowest BCUT2D eigenvalue weighted by Crippen LogP contribution is -2.23. The second-order valence-corrected chi connectivity index (χ2v) is 7.74. The maximum Gasteiger partial charge on any atom is 0.251 e. The van der Waals surface area contributed by atoms with E-state index in [0.717, 1.165) is 36.0 Å². The van der Waals surface area contributed by atoms with Crippen LogP contribution in [0.4, 0.5) is 0 Å². The Hall–Kier alpha value is -3.34. The molecule has 146 valence electrons. The number of aryl methyl sites for hydroxylation is 2. The van der Waals surface area contributed by atoms with Gasteiger partial charge in [-0.1, -0.05) is 24.3 Å². The molecule has 2 heterocycles. The summed E-state index contributed by atoms with van der Waals surface area (Å²) in [4.78, 5) is 20.5. The molecular weight excluding hydrogens is 360 g/mol. The highest BCUT2D eigenvalue weighted by Crippen LogP contribution is 2.29. The van der Waals surface area contributed by atoms with Crippen molar-refractivity contribution < 1.29 is 4.79 Å². The molecule has 0 fully saturated rings. The predicted molar refractivity (Wildman–Crippen MR) is 114 cm³/mol. The van der Waals surface area contributed by atoms with Gasteiger partial charge in [-0.15, -0.1) is 0 Å². The van der Waals surface area contributed by atoms with Crippen molar-refractivity contribution in [1.29, 1.82) is 0 Å². The number of hydrogen-bond acceptors (Lipinski definition) is 2. The van der Waals surface area contributed by atoms with E-state index in [0.29, 0.717) is 6.54 Å². The Morgan fingerprint density at radius 3 is 2.83 bits per heavy atom. The van der Waals surface area contributed by atoms with E-state index in [-0.39, 0.29) is 5.91 Å². The number of benzene rings is 2. The number of aromatic amines is 1. The zero-order valence-electron chi connectivity index (χ0n) is 16.3. The second-order valence-electron chi connectivity index (χ2n) is 7.74. The van der Waals surface area contributed by atoms with Crippen molar-refractivity contribution in [2.45, 2.75) is 38.8 Å². The zero-order chi connectivity index (χ0) is 19.6. The van der Waals surface area contributed by atoms with Crippen LogP contribution in [0, 0.1) is 0 Å². The second kappa shape index (κ2) is 7.59. The Morgan fingerprint density at radius 2 is 1.97 bits per heavy atom. The Morgan fingerprint density at radius 1 is 1.10 bits per heavy atom. The number of carbonyl (C=O) groups is 1. The van der Waals surface area contributed by atoms with Crippen LogP contribution in [0.15, 0.2) is 61.2 Å². The molecule has 5 rings (SSSR count). The highest BCUT2D eigenvalue weighted by Gasteiger charge is 2.17. The van der Waals surface area contributed by atoms with Crippen molar-refractivity contribution >= 4 is 16.8 Å². The van der Waals surface area contributed by atoms with E-state index >= 15 is 0 Å². The summed E-state index contributed by atoms with van der Waals surface area (Å²) in [6.07, 6.45) is 10.2. The van der Waals surface area contributed by atoms with Crippen LogP contribution in [0.1, 0.15) is 45.6 Å². The lowest BCUT2D eigenvalue weighted by atomic mass is 9.95. The molecule has 1 aliphatic carbocycles. The number of rotatable bonds is 5. The minimum Gasteiger partial charge on any atom is -0.358 e. The minimum atomic E-state index is -0.0323. The number of hydrogen-bond donors (Lipinski definition) is 2. The summed E-state index contributed by atoms with van der Waals surface area (Å²) in [6.45, 7) is 1.25. The standard InChI is InChI=1S/C24H24N4O/c29-24(17-9-10-23-21(13-17)20-7-3-4-8-22(20)27-23)26-14-18-5-1-2-6-19(18)15-28-12-11-25-16-28/h1-2,5-6,9-13,16,27H,3-4,7-8,14-15H2,(H,26,29). The number of nitrogens with zero attached hydrogens (tertiary/aromatic N) is 2. The topological polar surface area (TPSA) is 62.7 Å². The molecular formula is C24H24N4O. The number of amides is 1. The Bertz CT molecular complexity index is 1160. The van der Waals surface area contributed by atoms with E-state index in [1.807, 2.05) is 47.4 Å². The van der Waals surface area contributed by atoms with E-state index in [4.69, 9.17) is 0 Å². The molecule has 0 radical (unpaired) electrons. The van der Waals surface area contributed by atoms with Gasteiger partial charge in [-0.3, -0.25) is 4.79 Å². The van der Waals surface area contributed by atoms with Crippen LogP contribution in [0.3, 0.4) is 0 Å². The van der Waals surface area contributed by atoms with Crippen LogP contribution in [-0.4, -0.2) is 20.4 Å². The van der Waals surface area contributed by atoms with E-state index in [1.54, 1.807) is 6.20 Å². The molecule has 0 saturated carbocycles. The van der Waals surface area contributed by atoms with Crippen LogP contribution in [0.5, 0.6) is 0 Å². The van der Waals surface area contributed by atoms with Crippen LogP contribution >= 0.6 is 0 Å². The number of carbonyl (C=O) groups excluding carboxylic acids is 1. The first kappa shape index (κ1) is 17.7. The number of fused-ring (bicyclic) bond motifs is 3. The molecule has 1 aliphatic rings. The summed E-state index contributed by atoms with van der Waals surface area (Å²) in [6, 6.07) is 14.2. The molecule has 0 aliphatic heterocycles. The van der Waals surface area contributed by atoms with Crippen LogP contribution in [0.2, 0.25) is 0 Å². The van der Waals surface area contributed by atoms with Gasteiger partial charge in [0.15, 0.2) is 0 Å². The minimum absolute atomic E-state index is 0.0323. The maximum atomic E-state index is 12.8. The SMILES string of the molecule is O=C(NCc1ccccc1Cn1ccnc1)c1ccc2[nH]c3c(c2c1)CCCC3. The quantitative estimate of drug-likeness (QED) is 0.541. The molecule has 2 aromatic heterocycles. The van der Waals surface area contributed by atoms with Gasteiger partial charge in [-0.25, -0.2) is 4.98 Å². The zero-order valence-corrected chi connectivity index (χ0v) is 16.3. The Kier molecular flexibility index (Phi) is 4.64.